The van der Waals surface area contributed by atoms with Crippen molar-refractivity contribution < 1.29 is 33.0 Å². The van der Waals surface area contributed by atoms with E-state index in [-0.39, 0.29) is 6.04 Å². The molecular weight excluding hydrogens is 231 g/mol. The van der Waals surface area contributed by atoms with E-state index in [1.807, 2.05) is 0 Å². The van der Waals surface area contributed by atoms with Crippen molar-refractivity contribution in [1.29, 1.82) is 0 Å². The van der Waals surface area contributed by atoms with Crippen molar-refractivity contribution in [3.63, 3.8) is 0 Å². The van der Waals surface area contributed by atoms with Gasteiger partial charge in [-0.05, 0) is 18.8 Å². The van der Waals surface area contributed by atoms with Crippen LogP contribution in [-0.4, -0.2) is 40.4 Å². The van der Waals surface area contributed by atoms with Crippen LogP contribution >= 0.6 is 0 Å². The van der Waals surface area contributed by atoms with Crippen LogP contribution in [0.25, 0.3) is 0 Å². The average molecular weight is 241 g/mol. The molecule has 1 aliphatic heterocycles. The molecule has 3 N–H and O–H groups in total. The van der Waals surface area contributed by atoms with Gasteiger partial charge in [0.05, 0.1) is 0 Å². The summed E-state index contributed by atoms with van der Waals surface area (Å²) in [5, 5.41) is 18.6. The number of piperidine rings is 1. The van der Waals surface area contributed by atoms with Gasteiger partial charge in [0.1, 0.15) is 6.04 Å². The lowest BCUT2D eigenvalue weighted by Gasteiger charge is -2.04. The van der Waals surface area contributed by atoms with Gasteiger partial charge in [0, 0.05) is 6.04 Å². The molecule has 0 radical (unpaired) electrons. The van der Waals surface area contributed by atoms with Crippen LogP contribution < -0.4 is 5.32 Å². The van der Waals surface area contributed by atoms with Gasteiger partial charge in [0.2, 0.25) is 0 Å². The molecular formula is C8H10F3NO4. The fraction of sp³-hybridized carbons (Fsp3) is 0.750. The third-order valence-electron chi connectivity index (χ3n) is 2.42. The van der Waals surface area contributed by atoms with Gasteiger partial charge in [-0.3, -0.25) is 4.79 Å². The first-order valence-electron chi connectivity index (χ1n) is 4.50. The van der Waals surface area contributed by atoms with Crippen LogP contribution in [0.15, 0.2) is 0 Å². The molecule has 3 unspecified atom stereocenters. The normalized spacial score (nSPS) is 31.1. The second-order valence-electron chi connectivity index (χ2n) is 3.70. The summed E-state index contributed by atoms with van der Waals surface area (Å²) < 4.78 is 31.7. The number of fused-ring (bicyclic) bond motifs is 1. The number of hydrogen-bond donors (Lipinski definition) is 3. The number of carbonyl (C=O) groups is 2. The summed E-state index contributed by atoms with van der Waals surface area (Å²) in [5.74, 6) is -2.76. The molecule has 16 heavy (non-hydrogen) atoms. The average Bonchev–Trinajstić information content (AvgIpc) is 2.72. The van der Waals surface area contributed by atoms with E-state index in [2.05, 4.69) is 5.32 Å². The second kappa shape index (κ2) is 4.28. The van der Waals surface area contributed by atoms with Gasteiger partial charge in [-0.15, -0.1) is 0 Å². The van der Waals surface area contributed by atoms with E-state index in [0.717, 1.165) is 6.42 Å². The van der Waals surface area contributed by atoms with Gasteiger partial charge < -0.3 is 15.5 Å². The van der Waals surface area contributed by atoms with E-state index in [0.29, 0.717) is 12.0 Å². The van der Waals surface area contributed by atoms with Gasteiger partial charge >= 0.3 is 18.1 Å². The van der Waals surface area contributed by atoms with Crippen molar-refractivity contribution in [2.45, 2.75) is 31.1 Å². The maximum atomic E-state index is 10.6. The fourth-order valence-electron chi connectivity index (χ4n) is 1.51. The Bertz CT molecular complexity index is 294. The monoisotopic (exact) mass is 241 g/mol. The summed E-state index contributed by atoms with van der Waals surface area (Å²) in [6, 6.07) is 0.305. The first kappa shape index (κ1) is 12.8. The molecule has 0 bridgehead atoms. The van der Waals surface area contributed by atoms with Gasteiger partial charge in [0.25, 0.3) is 0 Å². The Hall–Kier alpha value is -1.31. The number of nitrogens with one attached hydrogen (secondary N) is 1. The zero-order valence-corrected chi connectivity index (χ0v) is 7.99. The minimum atomic E-state index is -5.08. The molecule has 2 fully saturated rings. The maximum absolute atomic E-state index is 10.6. The van der Waals surface area contributed by atoms with Crippen molar-refractivity contribution in [2.24, 2.45) is 5.92 Å². The Balaban J connectivity index is 0.000000168. The van der Waals surface area contributed by atoms with E-state index in [1.165, 1.54) is 6.42 Å². The van der Waals surface area contributed by atoms with E-state index < -0.39 is 18.1 Å². The number of carboxylic acids is 2. The molecule has 0 aromatic heterocycles. The molecule has 1 saturated heterocycles. The highest BCUT2D eigenvalue weighted by atomic mass is 19.4. The molecule has 92 valence electrons. The van der Waals surface area contributed by atoms with Crippen LogP contribution in [0.2, 0.25) is 0 Å². The van der Waals surface area contributed by atoms with Crippen LogP contribution in [-0.2, 0) is 9.59 Å². The highest BCUT2D eigenvalue weighted by Gasteiger charge is 2.47. The summed E-state index contributed by atoms with van der Waals surface area (Å²) >= 11 is 0. The minimum Gasteiger partial charge on any atom is -0.480 e. The first-order valence-corrected chi connectivity index (χ1v) is 4.50. The number of rotatable bonds is 1. The second-order valence-corrected chi connectivity index (χ2v) is 3.70. The molecule has 1 heterocycles. The Morgan fingerprint density at radius 1 is 1.19 bits per heavy atom. The predicted octanol–water partition coefficient (Wildman–Crippen LogP) is 0.455. The molecule has 0 amide bonds. The van der Waals surface area contributed by atoms with E-state index in [9.17, 15) is 18.0 Å². The molecule has 1 aliphatic carbocycles. The number of carboxylic acid groups (broad SMARTS) is 2. The third kappa shape index (κ3) is 3.37. The molecule has 3 atom stereocenters. The summed E-state index contributed by atoms with van der Waals surface area (Å²) in [4.78, 5) is 19.2. The third-order valence-corrected chi connectivity index (χ3v) is 2.42. The topological polar surface area (TPSA) is 86.6 Å². The summed E-state index contributed by atoms with van der Waals surface area (Å²) in [5.41, 5.74) is 0. The van der Waals surface area contributed by atoms with Gasteiger partial charge in [-0.2, -0.15) is 13.2 Å². The SMILES string of the molecule is O=C(O)C(F)(F)F.O=C(O)C1CC2CC2N1. The van der Waals surface area contributed by atoms with E-state index >= 15 is 0 Å². The van der Waals surface area contributed by atoms with Crippen LogP contribution in [0, 0.1) is 5.92 Å². The lowest BCUT2D eigenvalue weighted by atomic mass is 10.2. The van der Waals surface area contributed by atoms with E-state index in [4.69, 9.17) is 15.0 Å². The number of hydrogen-bond acceptors (Lipinski definition) is 3. The Labute approximate surface area is 88.2 Å². The number of halogens is 3. The highest BCUT2D eigenvalue weighted by Crippen LogP contribution is 2.40. The molecule has 1 saturated carbocycles. The Kier molecular flexibility index (Phi) is 3.41. The van der Waals surface area contributed by atoms with Gasteiger partial charge in [-0.1, -0.05) is 0 Å². The molecule has 2 aliphatic rings. The largest absolute Gasteiger partial charge is 0.490 e. The van der Waals surface area contributed by atoms with Crippen molar-refractivity contribution in [3.8, 4) is 0 Å². The van der Waals surface area contributed by atoms with Crippen LogP contribution in [0.5, 0.6) is 0 Å². The van der Waals surface area contributed by atoms with Gasteiger partial charge in [-0.25, -0.2) is 4.79 Å². The minimum absolute atomic E-state index is 0.242. The fourth-order valence-corrected chi connectivity index (χ4v) is 1.51. The quantitative estimate of drug-likeness (QED) is 0.620. The smallest absolute Gasteiger partial charge is 0.480 e. The molecule has 2 rings (SSSR count). The molecule has 8 heteroatoms. The molecule has 0 aromatic carbocycles. The standard InChI is InChI=1S/C6H9NO2.C2HF3O2/c8-6(9)5-2-3-1-4(3)7-5;3-2(4,5)1(6)7/h3-5,7H,1-2H2,(H,8,9);(H,6,7). The number of aliphatic carboxylic acids is 2. The van der Waals surface area contributed by atoms with Crippen molar-refractivity contribution in [3.05, 3.63) is 0 Å². The lowest BCUT2D eigenvalue weighted by Crippen LogP contribution is -2.33. The van der Waals surface area contributed by atoms with Gasteiger partial charge in [0.15, 0.2) is 0 Å². The maximum Gasteiger partial charge on any atom is 0.490 e. The summed E-state index contributed by atoms with van der Waals surface area (Å²) in [6.07, 6.45) is -3.04. The van der Waals surface area contributed by atoms with E-state index in [1.54, 1.807) is 0 Å². The van der Waals surface area contributed by atoms with Crippen LogP contribution in [0.3, 0.4) is 0 Å². The lowest BCUT2D eigenvalue weighted by molar-refractivity contribution is -0.192. The predicted molar refractivity (Wildman–Crippen MR) is 44.8 cm³/mol. The molecule has 0 aromatic rings. The highest BCUT2D eigenvalue weighted by molar-refractivity contribution is 5.74. The molecule has 0 spiro atoms. The zero-order valence-electron chi connectivity index (χ0n) is 7.99. The Morgan fingerprint density at radius 2 is 1.69 bits per heavy atom. The van der Waals surface area contributed by atoms with Crippen molar-refractivity contribution in [1.82, 2.24) is 5.32 Å². The number of alkyl halides is 3. The van der Waals surface area contributed by atoms with Crippen molar-refractivity contribution in [2.75, 3.05) is 0 Å². The summed E-state index contributed by atoms with van der Waals surface area (Å²) in [6.45, 7) is 0. The zero-order chi connectivity index (χ0) is 12.5. The van der Waals surface area contributed by atoms with Crippen LogP contribution in [0.4, 0.5) is 13.2 Å². The van der Waals surface area contributed by atoms with Crippen molar-refractivity contribution >= 4 is 11.9 Å². The van der Waals surface area contributed by atoms with Crippen LogP contribution in [0.1, 0.15) is 12.8 Å². The first-order chi connectivity index (χ1) is 7.21. The molecule has 5 nitrogen and oxygen atoms in total. The summed E-state index contributed by atoms with van der Waals surface area (Å²) in [7, 11) is 0. The Morgan fingerprint density at radius 3 is 1.88 bits per heavy atom.